The predicted molar refractivity (Wildman–Crippen MR) is 84.5 cm³/mol. The number of rotatable bonds is 5. The molecule has 0 bridgehead atoms. The highest BCUT2D eigenvalue weighted by atomic mass is 79.9. The highest BCUT2D eigenvalue weighted by molar-refractivity contribution is 9.10. The molecule has 0 aliphatic rings. The number of nitro benzene ring substituents is 1. The van der Waals surface area contributed by atoms with E-state index in [1.165, 1.54) is 6.07 Å². The van der Waals surface area contributed by atoms with Crippen LogP contribution in [0.4, 0.5) is 5.69 Å². The molecule has 0 fully saturated rings. The van der Waals surface area contributed by atoms with E-state index in [0.29, 0.717) is 10.2 Å². The van der Waals surface area contributed by atoms with Crippen LogP contribution in [-0.2, 0) is 0 Å². The van der Waals surface area contributed by atoms with Gasteiger partial charge in [0.25, 0.3) is 0 Å². The van der Waals surface area contributed by atoms with Gasteiger partial charge in [-0.15, -0.1) is 0 Å². The Morgan fingerprint density at radius 2 is 2.00 bits per heavy atom. The molecule has 6 heteroatoms. The molecule has 0 amide bonds. The predicted octanol–water partition coefficient (Wildman–Crippen LogP) is 4.56. The van der Waals surface area contributed by atoms with E-state index in [1.54, 1.807) is 18.2 Å². The zero-order valence-corrected chi connectivity index (χ0v) is 13.0. The molecule has 0 spiro atoms. The third-order valence-corrected chi connectivity index (χ3v) is 3.59. The van der Waals surface area contributed by atoms with Crippen LogP contribution >= 0.6 is 15.9 Å². The summed E-state index contributed by atoms with van der Waals surface area (Å²) in [5, 5.41) is 11.1. The molecule has 0 aliphatic heterocycles. The maximum atomic E-state index is 11.1. The van der Waals surface area contributed by atoms with Crippen LogP contribution in [0.3, 0.4) is 0 Å². The smallest absolute Gasteiger partial charge is 0.312 e. The maximum Gasteiger partial charge on any atom is 0.312 e. The van der Waals surface area contributed by atoms with Gasteiger partial charge in [-0.05, 0) is 24.6 Å². The fraction of sp³-hybridized carbons (Fsp3) is 0.200. The highest BCUT2D eigenvalue weighted by Gasteiger charge is 2.18. The SMILES string of the molecule is CC[C@@H](N)c1ccccc1Oc1ccc(Br)cc1[N+](=O)[O-]. The van der Waals surface area contributed by atoms with Crippen molar-refractivity contribution in [2.24, 2.45) is 5.73 Å². The van der Waals surface area contributed by atoms with Crippen LogP contribution in [0.25, 0.3) is 0 Å². The van der Waals surface area contributed by atoms with Crippen molar-refractivity contribution in [2.45, 2.75) is 19.4 Å². The molecule has 0 radical (unpaired) electrons. The van der Waals surface area contributed by atoms with Gasteiger partial charge in [0, 0.05) is 22.1 Å². The first kappa shape index (κ1) is 15.5. The van der Waals surface area contributed by atoms with Gasteiger partial charge in [-0.2, -0.15) is 0 Å². The first-order valence-electron chi connectivity index (χ1n) is 6.49. The van der Waals surface area contributed by atoms with Crippen molar-refractivity contribution in [1.29, 1.82) is 0 Å². The van der Waals surface area contributed by atoms with Crippen molar-refractivity contribution >= 4 is 21.6 Å². The summed E-state index contributed by atoms with van der Waals surface area (Å²) in [7, 11) is 0. The minimum atomic E-state index is -0.470. The van der Waals surface area contributed by atoms with Crippen LogP contribution < -0.4 is 10.5 Å². The highest BCUT2D eigenvalue weighted by Crippen LogP contribution is 2.36. The van der Waals surface area contributed by atoms with Gasteiger partial charge in [-0.3, -0.25) is 10.1 Å². The third kappa shape index (κ3) is 3.59. The molecule has 2 aromatic carbocycles. The van der Waals surface area contributed by atoms with Crippen molar-refractivity contribution < 1.29 is 9.66 Å². The minimum Gasteiger partial charge on any atom is -0.450 e. The molecule has 0 saturated heterocycles. The van der Waals surface area contributed by atoms with Gasteiger partial charge in [0.2, 0.25) is 5.75 Å². The van der Waals surface area contributed by atoms with Crippen molar-refractivity contribution in [3.05, 3.63) is 62.6 Å². The average Bonchev–Trinajstić information content (AvgIpc) is 2.48. The third-order valence-electron chi connectivity index (χ3n) is 3.10. The summed E-state index contributed by atoms with van der Waals surface area (Å²) in [5.41, 5.74) is 6.79. The molecule has 1 atom stereocenters. The lowest BCUT2D eigenvalue weighted by atomic mass is 10.0. The van der Waals surface area contributed by atoms with Gasteiger partial charge < -0.3 is 10.5 Å². The van der Waals surface area contributed by atoms with Crippen LogP contribution in [0.15, 0.2) is 46.9 Å². The molecule has 0 unspecified atom stereocenters. The summed E-state index contributed by atoms with van der Waals surface area (Å²) in [6.07, 6.45) is 0.753. The number of nitro groups is 1. The largest absolute Gasteiger partial charge is 0.450 e. The number of nitrogens with two attached hydrogens (primary N) is 1. The summed E-state index contributed by atoms with van der Waals surface area (Å²) < 4.78 is 6.36. The summed E-state index contributed by atoms with van der Waals surface area (Å²) in [6.45, 7) is 1.98. The average molecular weight is 351 g/mol. The first-order chi connectivity index (χ1) is 10.0. The quantitative estimate of drug-likeness (QED) is 0.633. The second-order valence-electron chi connectivity index (χ2n) is 4.52. The van der Waals surface area contributed by atoms with Gasteiger partial charge in [0.15, 0.2) is 0 Å². The molecule has 0 heterocycles. The Bertz CT molecular complexity index is 661. The second-order valence-corrected chi connectivity index (χ2v) is 5.44. The maximum absolute atomic E-state index is 11.1. The van der Waals surface area contributed by atoms with Gasteiger partial charge in [0.1, 0.15) is 5.75 Å². The van der Waals surface area contributed by atoms with Crippen molar-refractivity contribution in [1.82, 2.24) is 0 Å². The Labute approximate surface area is 131 Å². The van der Waals surface area contributed by atoms with Gasteiger partial charge >= 0.3 is 5.69 Å². The van der Waals surface area contributed by atoms with Gasteiger partial charge in [-0.25, -0.2) is 0 Å². The summed E-state index contributed by atoms with van der Waals surface area (Å²) in [5.74, 6) is 0.733. The van der Waals surface area contributed by atoms with Crippen LogP contribution in [0, 0.1) is 10.1 Å². The Morgan fingerprint density at radius 3 is 2.67 bits per heavy atom. The topological polar surface area (TPSA) is 78.4 Å². The van der Waals surface area contributed by atoms with E-state index in [1.807, 2.05) is 25.1 Å². The number of hydrogen-bond donors (Lipinski definition) is 1. The number of hydrogen-bond acceptors (Lipinski definition) is 4. The minimum absolute atomic E-state index is 0.0933. The van der Waals surface area contributed by atoms with Crippen molar-refractivity contribution in [3.8, 4) is 11.5 Å². The molecule has 0 aliphatic carbocycles. The van der Waals surface area contributed by atoms with Crippen LogP contribution in [0.2, 0.25) is 0 Å². The zero-order valence-electron chi connectivity index (χ0n) is 11.5. The van der Waals surface area contributed by atoms with Crippen LogP contribution in [0.1, 0.15) is 24.9 Å². The normalized spacial score (nSPS) is 12.0. The van der Waals surface area contributed by atoms with Gasteiger partial charge in [-0.1, -0.05) is 41.1 Å². The van der Waals surface area contributed by atoms with E-state index in [-0.39, 0.29) is 17.5 Å². The second kappa shape index (κ2) is 6.69. The fourth-order valence-corrected chi connectivity index (χ4v) is 2.29. The molecule has 0 aromatic heterocycles. The Morgan fingerprint density at radius 1 is 1.29 bits per heavy atom. The molecule has 2 rings (SSSR count). The number of benzene rings is 2. The van der Waals surface area contributed by atoms with E-state index in [4.69, 9.17) is 10.5 Å². The molecule has 21 heavy (non-hydrogen) atoms. The molecule has 5 nitrogen and oxygen atoms in total. The van der Waals surface area contributed by atoms with Crippen LogP contribution in [0.5, 0.6) is 11.5 Å². The number of nitrogens with zero attached hydrogens (tertiary/aromatic N) is 1. The van der Waals surface area contributed by atoms with E-state index in [2.05, 4.69) is 15.9 Å². The molecule has 2 aromatic rings. The van der Waals surface area contributed by atoms with E-state index >= 15 is 0 Å². The molecule has 2 N–H and O–H groups in total. The lowest BCUT2D eigenvalue weighted by Crippen LogP contribution is -2.09. The summed E-state index contributed by atoms with van der Waals surface area (Å²) >= 11 is 3.22. The van der Waals surface area contributed by atoms with Crippen molar-refractivity contribution in [3.63, 3.8) is 0 Å². The number of ether oxygens (including phenoxy) is 1. The van der Waals surface area contributed by atoms with Crippen molar-refractivity contribution in [2.75, 3.05) is 0 Å². The summed E-state index contributed by atoms with van der Waals surface area (Å²) in [4.78, 5) is 10.6. The molecular weight excluding hydrogens is 336 g/mol. The molecular formula is C15H15BrN2O3. The zero-order chi connectivity index (χ0) is 15.4. The first-order valence-corrected chi connectivity index (χ1v) is 7.28. The summed E-state index contributed by atoms with van der Waals surface area (Å²) in [6, 6.07) is 11.8. The molecule has 0 saturated carbocycles. The number of para-hydroxylation sites is 1. The van der Waals surface area contributed by atoms with E-state index in [0.717, 1.165) is 12.0 Å². The number of halogens is 1. The molecule has 110 valence electrons. The van der Waals surface area contributed by atoms with E-state index < -0.39 is 4.92 Å². The van der Waals surface area contributed by atoms with E-state index in [9.17, 15) is 10.1 Å². The monoisotopic (exact) mass is 350 g/mol. The lowest BCUT2D eigenvalue weighted by Gasteiger charge is -2.15. The van der Waals surface area contributed by atoms with Gasteiger partial charge in [0.05, 0.1) is 4.92 Å². The van der Waals surface area contributed by atoms with Crippen LogP contribution in [-0.4, -0.2) is 4.92 Å². The fourth-order valence-electron chi connectivity index (χ4n) is 1.94. The Balaban J connectivity index is 2.41. The standard InChI is InChI=1S/C15H15BrN2O3/c1-2-12(17)11-5-3-4-6-14(11)21-15-8-7-10(16)9-13(15)18(19)20/h3-9,12H,2,17H2,1H3/t12-/m1/s1. The Kier molecular flexibility index (Phi) is 4.93. The lowest BCUT2D eigenvalue weighted by molar-refractivity contribution is -0.385. The Hall–Kier alpha value is -1.92.